The molecule has 0 spiro atoms. The number of nitrogens with one attached hydrogen (secondary N) is 2. The van der Waals surface area contributed by atoms with Crippen LogP contribution in [-0.4, -0.2) is 58.3 Å². The molecular formula is C21H35N3O3. The molecule has 0 saturated carbocycles. The Kier molecular flexibility index (Phi) is 8.88. The molecule has 0 aromatic heterocycles. The van der Waals surface area contributed by atoms with Gasteiger partial charge >= 0.3 is 0 Å². The molecule has 1 aromatic carbocycles. The highest BCUT2D eigenvalue weighted by Crippen LogP contribution is 2.28. The summed E-state index contributed by atoms with van der Waals surface area (Å²) in [4.78, 5) is 14.4. The molecular weight excluding hydrogens is 342 g/mol. The molecule has 1 amide bonds. The van der Waals surface area contributed by atoms with Gasteiger partial charge in [-0.25, -0.2) is 0 Å². The molecule has 0 aliphatic carbocycles. The Hall–Kier alpha value is -1.79. The number of hydrogen-bond acceptors (Lipinski definition) is 5. The van der Waals surface area contributed by atoms with Crippen molar-refractivity contribution in [2.75, 3.05) is 47.4 Å². The number of carbonyl (C=O) groups excluding carboxylic acids is 1. The van der Waals surface area contributed by atoms with Gasteiger partial charge in [0.1, 0.15) is 6.61 Å². The molecule has 1 aromatic rings. The van der Waals surface area contributed by atoms with Crippen LogP contribution in [0.1, 0.15) is 31.7 Å². The van der Waals surface area contributed by atoms with Crippen molar-refractivity contribution in [2.24, 2.45) is 11.8 Å². The van der Waals surface area contributed by atoms with Gasteiger partial charge in [0.2, 0.25) is 5.91 Å². The van der Waals surface area contributed by atoms with E-state index in [1.54, 1.807) is 7.11 Å². The summed E-state index contributed by atoms with van der Waals surface area (Å²) in [6.07, 6.45) is 2.93. The Bertz CT molecular complexity index is 586. The van der Waals surface area contributed by atoms with Crippen LogP contribution < -0.4 is 20.1 Å². The molecule has 1 unspecified atom stereocenters. The maximum Gasteiger partial charge on any atom is 0.220 e. The van der Waals surface area contributed by atoms with Gasteiger partial charge in [-0.05, 0) is 69.6 Å². The summed E-state index contributed by atoms with van der Waals surface area (Å²) in [6.45, 7) is 6.29. The number of amides is 1. The molecule has 152 valence electrons. The molecule has 27 heavy (non-hydrogen) atoms. The molecule has 1 saturated heterocycles. The quantitative estimate of drug-likeness (QED) is 0.655. The summed E-state index contributed by atoms with van der Waals surface area (Å²) in [5.74, 6) is 2.62. The van der Waals surface area contributed by atoms with Crippen molar-refractivity contribution in [3.63, 3.8) is 0 Å². The molecule has 0 radical (unpaired) electrons. The molecule has 1 aliphatic heterocycles. The highest BCUT2D eigenvalue weighted by atomic mass is 16.5. The molecule has 6 nitrogen and oxygen atoms in total. The molecule has 1 heterocycles. The van der Waals surface area contributed by atoms with Crippen LogP contribution in [0, 0.1) is 11.8 Å². The number of nitrogens with zero attached hydrogens (tertiary/aromatic N) is 1. The van der Waals surface area contributed by atoms with Crippen molar-refractivity contribution in [1.82, 2.24) is 15.5 Å². The smallest absolute Gasteiger partial charge is 0.220 e. The first kappa shape index (κ1) is 21.5. The van der Waals surface area contributed by atoms with Crippen LogP contribution in [-0.2, 0) is 11.3 Å². The van der Waals surface area contributed by atoms with Gasteiger partial charge in [0.05, 0.1) is 7.11 Å². The fourth-order valence-electron chi connectivity index (χ4n) is 3.42. The number of rotatable bonds is 10. The minimum absolute atomic E-state index is 0.117. The number of benzene rings is 1. The predicted molar refractivity (Wildman–Crippen MR) is 108 cm³/mol. The lowest BCUT2D eigenvalue weighted by Crippen LogP contribution is -2.33. The van der Waals surface area contributed by atoms with E-state index in [2.05, 4.69) is 22.5 Å². The standard InChI is InChI=1S/C21H35N3O3/c1-16(18-7-9-22-10-8-18)13-21(25)23-15-17-5-6-19(20(14-17)26-4)27-12-11-24(2)3/h5-6,14,16,18,22H,7-13,15H2,1-4H3,(H,23,25). The number of piperidine rings is 1. The average Bonchev–Trinajstić information content (AvgIpc) is 2.67. The minimum atomic E-state index is 0.117. The van der Waals surface area contributed by atoms with Crippen LogP contribution in [0.4, 0.5) is 0 Å². The van der Waals surface area contributed by atoms with Crippen molar-refractivity contribution in [3.05, 3.63) is 23.8 Å². The lowest BCUT2D eigenvalue weighted by atomic mass is 9.84. The highest BCUT2D eigenvalue weighted by molar-refractivity contribution is 5.76. The summed E-state index contributed by atoms with van der Waals surface area (Å²) in [5, 5.41) is 6.42. The monoisotopic (exact) mass is 377 g/mol. The van der Waals surface area contributed by atoms with Crippen LogP contribution in [0.2, 0.25) is 0 Å². The topological polar surface area (TPSA) is 62.8 Å². The first-order valence-corrected chi connectivity index (χ1v) is 9.91. The average molecular weight is 378 g/mol. The Labute approximate surface area is 163 Å². The third kappa shape index (κ3) is 7.39. The molecule has 2 rings (SSSR count). The first-order valence-electron chi connectivity index (χ1n) is 9.91. The third-order valence-electron chi connectivity index (χ3n) is 5.21. The fraction of sp³-hybridized carbons (Fsp3) is 0.667. The van der Waals surface area contributed by atoms with Gasteiger partial charge < -0.3 is 25.0 Å². The largest absolute Gasteiger partial charge is 0.493 e. The second-order valence-corrected chi connectivity index (χ2v) is 7.68. The molecule has 6 heteroatoms. The SMILES string of the molecule is COc1cc(CNC(=O)CC(C)C2CCNCC2)ccc1OCCN(C)C. The van der Waals surface area contributed by atoms with Gasteiger partial charge in [-0.2, -0.15) is 0 Å². The van der Waals surface area contributed by atoms with Crippen molar-refractivity contribution in [1.29, 1.82) is 0 Å². The van der Waals surface area contributed by atoms with Crippen LogP contribution >= 0.6 is 0 Å². The summed E-state index contributed by atoms with van der Waals surface area (Å²) in [7, 11) is 5.66. The van der Waals surface area contributed by atoms with Crippen LogP contribution in [0.5, 0.6) is 11.5 Å². The van der Waals surface area contributed by atoms with Gasteiger partial charge in [0, 0.05) is 19.5 Å². The van der Waals surface area contributed by atoms with Gasteiger partial charge in [0.15, 0.2) is 11.5 Å². The summed E-state index contributed by atoms with van der Waals surface area (Å²) in [5.41, 5.74) is 1.01. The van der Waals surface area contributed by atoms with E-state index in [-0.39, 0.29) is 5.91 Å². The second-order valence-electron chi connectivity index (χ2n) is 7.68. The van der Waals surface area contributed by atoms with Gasteiger partial charge in [-0.3, -0.25) is 4.79 Å². The maximum absolute atomic E-state index is 12.3. The van der Waals surface area contributed by atoms with Crippen molar-refractivity contribution < 1.29 is 14.3 Å². The Morgan fingerprint density at radius 1 is 1.30 bits per heavy atom. The van der Waals surface area contributed by atoms with Crippen LogP contribution in [0.15, 0.2) is 18.2 Å². The van der Waals surface area contributed by atoms with E-state index in [1.165, 1.54) is 12.8 Å². The Morgan fingerprint density at radius 2 is 2.04 bits per heavy atom. The number of hydrogen-bond donors (Lipinski definition) is 2. The lowest BCUT2D eigenvalue weighted by molar-refractivity contribution is -0.122. The number of methoxy groups -OCH3 is 1. The summed E-state index contributed by atoms with van der Waals surface area (Å²) in [6, 6.07) is 5.82. The number of likely N-dealkylation sites (N-methyl/N-ethyl adjacent to an activating group) is 1. The zero-order valence-electron chi connectivity index (χ0n) is 17.2. The molecule has 1 aliphatic rings. The zero-order valence-corrected chi connectivity index (χ0v) is 17.2. The van der Waals surface area contributed by atoms with E-state index in [0.29, 0.717) is 37.2 Å². The van der Waals surface area contributed by atoms with E-state index in [4.69, 9.17) is 9.47 Å². The molecule has 2 N–H and O–H groups in total. The fourth-order valence-corrected chi connectivity index (χ4v) is 3.42. The maximum atomic E-state index is 12.3. The van der Waals surface area contributed by atoms with Crippen molar-refractivity contribution in [3.8, 4) is 11.5 Å². The van der Waals surface area contributed by atoms with Crippen LogP contribution in [0.3, 0.4) is 0 Å². The van der Waals surface area contributed by atoms with E-state index < -0.39 is 0 Å². The highest BCUT2D eigenvalue weighted by Gasteiger charge is 2.21. The van der Waals surface area contributed by atoms with E-state index in [9.17, 15) is 4.79 Å². The minimum Gasteiger partial charge on any atom is -0.493 e. The first-order chi connectivity index (χ1) is 13.0. The van der Waals surface area contributed by atoms with Gasteiger partial charge in [-0.15, -0.1) is 0 Å². The Morgan fingerprint density at radius 3 is 2.70 bits per heavy atom. The van der Waals surface area contributed by atoms with Crippen molar-refractivity contribution in [2.45, 2.75) is 32.7 Å². The van der Waals surface area contributed by atoms with Crippen molar-refractivity contribution >= 4 is 5.91 Å². The third-order valence-corrected chi connectivity index (χ3v) is 5.21. The summed E-state index contributed by atoms with van der Waals surface area (Å²) >= 11 is 0. The predicted octanol–water partition coefficient (Wildman–Crippen LogP) is 2.28. The number of ether oxygens (including phenoxy) is 2. The van der Waals surface area contributed by atoms with E-state index >= 15 is 0 Å². The molecule has 1 fully saturated rings. The normalized spacial score (nSPS) is 16.2. The van der Waals surface area contributed by atoms with E-state index in [1.807, 2.05) is 32.3 Å². The zero-order chi connectivity index (χ0) is 19.6. The van der Waals surface area contributed by atoms with Gasteiger partial charge in [-0.1, -0.05) is 13.0 Å². The number of carbonyl (C=O) groups is 1. The van der Waals surface area contributed by atoms with Gasteiger partial charge in [0.25, 0.3) is 0 Å². The Balaban J connectivity index is 1.81. The molecule has 0 bridgehead atoms. The van der Waals surface area contributed by atoms with E-state index in [0.717, 1.165) is 30.9 Å². The second kappa shape index (κ2) is 11.1. The van der Waals surface area contributed by atoms with Crippen LogP contribution in [0.25, 0.3) is 0 Å². The summed E-state index contributed by atoms with van der Waals surface area (Å²) < 4.78 is 11.2. The molecule has 1 atom stereocenters. The lowest BCUT2D eigenvalue weighted by Gasteiger charge is -2.27.